The SMILES string of the molecule is C[C@H](Sc1nnc(-c2ccncc2)n1C)C(=O)N(C)[C@@H]1CCS(=O)(=O)C1. The van der Waals surface area contributed by atoms with Gasteiger partial charge in [0, 0.05) is 38.1 Å². The lowest BCUT2D eigenvalue weighted by atomic mass is 10.2. The van der Waals surface area contributed by atoms with Crippen LogP contribution >= 0.6 is 11.8 Å². The number of rotatable bonds is 5. The number of nitrogens with zero attached hydrogens (tertiary/aromatic N) is 5. The van der Waals surface area contributed by atoms with Gasteiger partial charge in [-0.2, -0.15) is 0 Å². The van der Waals surface area contributed by atoms with Gasteiger partial charge in [0.05, 0.1) is 16.8 Å². The Kier molecular flexibility index (Phi) is 5.33. The summed E-state index contributed by atoms with van der Waals surface area (Å²) in [6, 6.07) is 3.45. The summed E-state index contributed by atoms with van der Waals surface area (Å²) >= 11 is 1.31. The van der Waals surface area contributed by atoms with Crippen LogP contribution in [-0.4, -0.2) is 68.8 Å². The highest BCUT2D eigenvalue weighted by Gasteiger charge is 2.34. The highest BCUT2D eigenvalue weighted by Crippen LogP contribution is 2.27. The Labute approximate surface area is 156 Å². The fraction of sp³-hybridized carbons (Fsp3) is 0.500. The smallest absolute Gasteiger partial charge is 0.235 e. The zero-order chi connectivity index (χ0) is 18.9. The highest BCUT2D eigenvalue weighted by molar-refractivity contribution is 8.00. The molecule has 0 N–H and O–H groups in total. The van der Waals surface area contributed by atoms with Crippen LogP contribution in [0.2, 0.25) is 0 Å². The molecule has 0 aliphatic carbocycles. The van der Waals surface area contributed by atoms with E-state index in [1.807, 2.05) is 23.7 Å². The summed E-state index contributed by atoms with van der Waals surface area (Å²) in [5.41, 5.74) is 0.897. The Morgan fingerprint density at radius 2 is 2.04 bits per heavy atom. The summed E-state index contributed by atoms with van der Waals surface area (Å²) in [4.78, 5) is 18.2. The average Bonchev–Trinajstić information content (AvgIpc) is 3.17. The van der Waals surface area contributed by atoms with E-state index < -0.39 is 15.1 Å². The predicted octanol–water partition coefficient (Wildman–Crippen LogP) is 1.00. The molecular formula is C16H21N5O3S2. The third kappa shape index (κ3) is 3.90. The summed E-state index contributed by atoms with van der Waals surface area (Å²) in [6.45, 7) is 1.80. The lowest BCUT2D eigenvalue weighted by Gasteiger charge is -2.26. The van der Waals surface area contributed by atoms with Crippen LogP contribution in [0, 0.1) is 0 Å². The molecular weight excluding hydrogens is 374 g/mol. The van der Waals surface area contributed by atoms with E-state index in [9.17, 15) is 13.2 Å². The second-order valence-electron chi connectivity index (χ2n) is 6.37. The number of sulfone groups is 1. The number of aromatic nitrogens is 4. The summed E-state index contributed by atoms with van der Waals surface area (Å²) in [5.74, 6) is 0.786. The molecule has 0 bridgehead atoms. The van der Waals surface area contributed by atoms with Gasteiger partial charge in [0.15, 0.2) is 20.8 Å². The van der Waals surface area contributed by atoms with Gasteiger partial charge in [0.2, 0.25) is 5.91 Å². The van der Waals surface area contributed by atoms with E-state index in [1.54, 1.807) is 31.3 Å². The standard InChI is InChI=1S/C16H21N5O3S2/c1-11(15(22)20(2)13-6-9-26(23,24)10-13)25-16-19-18-14(21(16)3)12-4-7-17-8-5-12/h4-5,7-8,11,13H,6,9-10H2,1-3H3/t11-,13+/m0/s1. The van der Waals surface area contributed by atoms with E-state index in [1.165, 1.54) is 11.8 Å². The number of thioether (sulfide) groups is 1. The van der Waals surface area contributed by atoms with Crippen molar-refractivity contribution >= 4 is 27.5 Å². The normalized spacial score (nSPS) is 20.0. The van der Waals surface area contributed by atoms with Crippen molar-refractivity contribution < 1.29 is 13.2 Å². The molecule has 10 heteroatoms. The first-order valence-electron chi connectivity index (χ1n) is 8.22. The first-order valence-corrected chi connectivity index (χ1v) is 10.9. The molecule has 26 heavy (non-hydrogen) atoms. The lowest BCUT2D eigenvalue weighted by Crippen LogP contribution is -2.41. The molecule has 2 atom stereocenters. The van der Waals surface area contributed by atoms with Crippen molar-refractivity contribution in [3.05, 3.63) is 24.5 Å². The minimum Gasteiger partial charge on any atom is -0.341 e. The summed E-state index contributed by atoms with van der Waals surface area (Å²) < 4.78 is 25.1. The van der Waals surface area contributed by atoms with E-state index in [4.69, 9.17) is 0 Å². The van der Waals surface area contributed by atoms with Gasteiger partial charge >= 0.3 is 0 Å². The quantitative estimate of drug-likeness (QED) is 0.697. The molecule has 8 nitrogen and oxygen atoms in total. The molecule has 0 aromatic carbocycles. The first kappa shape index (κ1) is 18.8. The van der Waals surface area contributed by atoms with Gasteiger partial charge in [0.25, 0.3) is 0 Å². The van der Waals surface area contributed by atoms with Gasteiger partial charge in [-0.1, -0.05) is 11.8 Å². The summed E-state index contributed by atoms with van der Waals surface area (Å²) in [6.07, 6.45) is 3.87. The number of hydrogen-bond donors (Lipinski definition) is 0. The second kappa shape index (κ2) is 7.36. The Morgan fingerprint density at radius 3 is 2.65 bits per heavy atom. The molecule has 2 aromatic heterocycles. The predicted molar refractivity (Wildman–Crippen MR) is 99.4 cm³/mol. The van der Waals surface area contributed by atoms with Crippen LogP contribution in [0.5, 0.6) is 0 Å². The van der Waals surface area contributed by atoms with Crippen LogP contribution in [0.15, 0.2) is 29.7 Å². The Hall–Kier alpha value is -1.94. The van der Waals surface area contributed by atoms with Gasteiger partial charge < -0.3 is 9.47 Å². The molecule has 2 aromatic rings. The van der Waals surface area contributed by atoms with Crippen molar-refractivity contribution in [2.75, 3.05) is 18.6 Å². The molecule has 3 rings (SSSR count). The summed E-state index contributed by atoms with van der Waals surface area (Å²) in [7, 11) is 0.495. The minimum atomic E-state index is -3.02. The van der Waals surface area contributed by atoms with Gasteiger partial charge in [-0.15, -0.1) is 10.2 Å². The molecule has 0 radical (unpaired) electrons. The molecule has 0 saturated carbocycles. The molecule has 0 unspecified atom stereocenters. The van der Waals surface area contributed by atoms with Crippen molar-refractivity contribution in [2.24, 2.45) is 7.05 Å². The molecule has 3 heterocycles. The molecule has 1 saturated heterocycles. The Bertz CT molecular complexity index is 898. The van der Waals surface area contributed by atoms with Gasteiger partial charge in [-0.25, -0.2) is 8.42 Å². The van der Waals surface area contributed by atoms with E-state index in [0.29, 0.717) is 17.4 Å². The van der Waals surface area contributed by atoms with E-state index in [2.05, 4.69) is 15.2 Å². The van der Waals surface area contributed by atoms with Crippen LogP contribution < -0.4 is 0 Å². The average molecular weight is 396 g/mol. The van der Waals surface area contributed by atoms with Crippen LogP contribution in [0.4, 0.5) is 0 Å². The molecule has 1 aliphatic rings. The maximum atomic E-state index is 12.7. The molecule has 1 fully saturated rings. The molecule has 0 spiro atoms. The van der Waals surface area contributed by atoms with Crippen LogP contribution in [0.25, 0.3) is 11.4 Å². The minimum absolute atomic E-state index is 0.0444. The van der Waals surface area contributed by atoms with Crippen molar-refractivity contribution in [1.29, 1.82) is 0 Å². The zero-order valence-corrected chi connectivity index (χ0v) is 16.5. The molecule has 1 aliphatic heterocycles. The first-order chi connectivity index (χ1) is 12.3. The number of amides is 1. The maximum Gasteiger partial charge on any atom is 0.235 e. The number of carbonyl (C=O) groups is 1. The van der Waals surface area contributed by atoms with Crippen molar-refractivity contribution in [1.82, 2.24) is 24.6 Å². The van der Waals surface area contributed by atoms with Crippen molar-refractivity contribution in [2.45, 2.75) is 29.8 Å². The topological polar surface area (TPSA) is 98.1 Å². The third-order valence-corrected chi connectivity index (χ3v) is 7.38. The summed E-state index contributed by atoms with van der Waals surface area (Å²) in [5, 5.41) is 8.62. The molecule has 140 valence electrons. The monoisotopic (exact) mass is 395 g/mol. The fourth-order valence-corrected chi connectivity index (χ4v) is 5.62. The lowest BCUT2D eigenvalue weighted by molar-refractivity contribution is -0.130. The molecule has 1 amide bonds. The van der Waals surface area contributed by atoms with Crippen molar-refractivity contribution in [3.63, 3.8) is 0 Å². The number of pyridine rings is 1. The highest BCUT2D eigenvalue weighted by atomic mass is 32.2. The maximum absolute atomic E-state index is 12.7. The van der Waals surface area contributed by atoms with Crippen molar-refractivity contribution in [3.8, 4) is 11.4 Å². The Balaban J connectivity index is 1.69. The van der Waals surface area contributed by atoms with Gasteiger partial charge in [0.1, 0.15) is 0 Å². The van der Waals surface area contributed by atoms with Crippen LogP contribution in [-0.2, 0) is 21.7 Å². The van der Waals surface area contributed by atoms with Gasteiger partial charge in [-0.05, 0) is 25.5 Å². The third-order valence-electron chi connectivity index (χ3n) is 4.51. The number of carbonyl (C=O) groups excluding carboxylic acids is 1. The van der Waals surface area contributed by atoms with E-state index in [0.717, 1.165) is 5.56 Å². The van der Waals surface area contributed by atoms with E-state index >= 15 is 0 Å². The van der Waals surface area contributed by atoms with Gasteiger partial charge in [-0.3, -0.25) is 9.78 Å². The van der Waals surface area contributed by atoms with Crippen LogP contribution in [0.3, 0.4) is 0 Å². The fourth-order valence-electron chi connectivity index (χ4n) is 2.93. The van der Waals surface area contributed by atoms with E-state index in [-0.39, 0.29) is 23.5 Å². The number of hydrogen-bond acceptors (Lipinski definition) is 7. The second-order valence-corrected chi connectivity index (χ2v) is 9.90. The largest absolute Gasteiger partial charge is 0.341 e. The zero-order valence-electron chi connectivity index (χ0n) is 14.9. The van der Waals surface area contributed by atoms with Crippen LogP contribution in [0.1, 0.15) is 13.3 Å². The Morgan fingerprint density at radius 1 is 1.35 bits per heavy atom.